The van der Waals surface area contributed by atoms with Gasteiger partial charge in [0.05, 0.1) is 18.1 Å². The number of thioether (sulfide) groups is 1. The number of carbonyl (C=O) groups excluding carboxylic acids is 1. The van der Waals surface area contributed by atoms with E-state index in [1.165, 1.54) is 28.0 Å². The third kappa shape index (κ3) is 2.56. The molecular formula is C14H17N3O4S2. The van der Waals surface area contributed by atoms with Crippen LogP contribution >= 0.6 is 23.1 Å². The molecule has 3 heterocycles. The fourth-order valence-corrected chi connectivity index (χ4v) is 5.28. The van der Waals surface area contributed by atoms with Crippen LogP contribution in [0.2, 0.25) is 0 Å². The zero-order valence-electron chi connectivity index (χ0n) is 12.9. The molecule has 3 rings (SSSR count). The van der Waals surface area contributed by atoms with E-state index in [0.29, 0.717) is 5.75 Å². The Morgan fingerprint density at radius 1 is 1.48 bits per heavy atom. The SMILES string of the molecule is Cc1nnc(SCC2=C(C(=O)O)N3C(=O)[C@H]([C@@H](C)O)[C@H]3[C@H]2C)s1. The number of rotatable bonds is 5. The second-order valence-electron chi connectivity index (χ2n) is 5.81. The minimum Gasteiger partial charge on any atom is -0.477 e. The molecule has 4 atom stereocenters. The highest BCUT2D eigenvalue weighted by Crippen LogP contribution is 2.48. The van der Waals surface area contributed by atoms with Crippen molar-refractivity contribution in [1.82, 2.24) is 15.1 Å². The lowest BCUT2D eigenvalue weighted by atomic mass is 9.78. The van der Waals surface area contributed by atoms with E-state index >= 15 is 0 Å². The van der Waals surface area contributed by atoms with Crippen LogP contribution in [0.5, 0.6) is 0 Å². The highest BCUT2D eigenvalue weighted by molar-refractivity contribution is 8.01. The van der Waals surface area contributed by atoms with E-state index in [-0.39, 0.29) is 23.6 Å². The first-order valence-corrected chi connectivity index (χ1v) is 9.03. The summed E-state index contributed by atoms with van der Waals surface area (Å²) in [6.45, 7) is 5.35. The quantitative estimate of drug-likeness (QED) is 0.603. The van der Waals surface area contributed by atoms with Crippen LogP contribution in [-0.2, 0) is 9.59 Å². The normalized spacial score (nSPS) is 27.9. The molecule has 1 aromatic heterocycles. The van der Waals surface area contributed by atoms with Gasteiger partial charge in [-0.25, -0.2) is 4.79 Å². The maximum absolute atomic E-state index is 12.2. The summed E-state index contributed by atoms with van der Waals surface area (Å²) in [5.74, 6) is -1.57. The van der Waals surface area contributed by atoms with Crippen molar-refractivity contribution in [3.63, 3.8) is 0 Å². The Morgan fingerprint density at radius 2 is 2.17 bits per heavy atom. The fourth-order valence-electron chi connectivity index (χ4n) is 3.31. The summed E-state index contributed by atoms with van der Waals surface area (Å²) in [4.78, 5) is 25.2. The van der Waals surface area contributed by atoms with Gasteiger partial charge in [-0.15, -0.1) is 10.2 Å². The Balaban J connectivity index is 1.85. The summed E-state index contributed by atoms with van der Waals surface area (Å²) in [7, 11) is 0. The number of aliphatic hydroxyl groups excluding tert-OH is 1. The number of β-lactam (4-membered cyclic amide) rings is 1. The van der Waals surface area contributed by atoms with Crippen molar-refractivity contribution in [1.29, 1.82) is 0 Å². The number of fused-ring (bicyclic) bond motifs is 1. The van der Waals surface area contributed by atoms with Crippen LogP contribution in [0.3, 0.4) is 0 Å². The van der Waals surface area contributed by atoms with Crippen LogP contribution in [-0.4, -0.2) is 55.1 Å². The molecule has 124 valence electrons. The maximum atomic E-state index is 12.2. The van der Waals surface area contributed by atoms with E-state index in [0.717, 1.165) is 14.9 Å². The van der Waals surface area contributed by atoms with Crippen molar-refractivity contribution in [2.24, 2.45) is 11.8 Å². The lowest BCUT2D eigenvalue weighted by Gasteiger charge is -2.46. The lowest BCUT2D eigenvalue weighted by molar-refractivity contribution is -0.163. The molecule has 1 saturated heterocycles. The first-order valence-electron chi connectivity index (χ1n) is 7.23. The molecule has 0 aromatic carbocycles. The van der Waals surface area contributed by atoms with Crippen molar-refractivity contribution in [3.8, 4) is 0 Å². The number of aliphatic hydroxyl groups is 1. The molecule has 0 saturated carbocycles. The molecule has 1 aromatic rings. The van der Waals surface area contributed by atoms with Crippen LogP contribution in [0, 0.1) is 18.8 Å². The van der Waals surface area contributed by atoms with Crippen LogP contribution < -0.4 is 0 Å². The van der Waals surface area contributed by atoms with Gasteiger partial charge >= 0.3 is 5.97 Å². The molecule has 1 amide bonds. The number of carbonyl (C=O) groups is 2. The summed E-state index contributed by atoms with van der Waals surface area (Å²) < 4.78 is 0.777. The molecule has 7 nitrogen and oxygen atoms in total. The number of carboxylic acids is 1. The Hall–Kier alpha value is -1.45. The molecule has 0 bridgehead atoms. The second-order valence-corrected chi connectivity index (χ2v) is 8.21. The predicted molar refractivity (Wildman–Crippen MR) is 85.0 cm³/mol. The number of hydrogen-bond donors (Lipinski definition) is 2. The van der Waals surface area contributed by atoms with Crippen LogP contribution in [0.15, 0.2) is 15.6 Å². The fraction of sp³-hybridized carbons (Fsp3) is 0.571. The van der Waals surface area contributed by atoms with Gasteiger partial charge in [-0.2, -0.15) is 0 Å². The van der Waals surface area contributed by atoms with Gasteiger partial charge in [0.1, 0.15) is 10.7 Å². The van der Waals surface area contributed by atoms with Gasteiger partial charge in [-0.05, 0) is 19.4 Å². The van der Waals surface area contributed by atoms with Crippen LogP contribution in [0.25, 0.3) is 0 Å². The number of aryl methyl sites for hydroxylation is 1. The van der Waals surface area contributed by atoms with Gasteiger partial charge in [-0.3, -0.25) is 4.79 Å². The van der Waals surface area contributed by atoms with E-state index in [2.05, 4.69) is 10.2 Å². The van der Waals surface area contributed by atoms with Crippen molar-refractivity contribution in [3.05, 3.63) is 16.3 Å². The molecule has 0 spiro atoms. The molecule has 0 radical (unpaired) electrons. The smallest absolute Gasteiger partial charge is 0.352 e. The minimum absolute atomic E-state index is 0.0677. The Labute approximate surface area is 141 Å². The average molecular weight is 355 g/mol. The van der Waals surface area contributed by atoms with Gasteiger partial charge in [0.2, 0.25) is 5.91 Å². The summed E-state index contributed by atoms with van der Waals surface area (Å²) in [6.07, 6.45) is -0.779. The summed E-state index contributed by atoms with van der Waals surface area (Å²) >= 11 is 2.88. The number of aliphatic carboxylic acids is 1. The number of hydrogen-bond acceptors (Lipinski definition) is 7. The molecule has 2 aliphatic rings. The molecular weight excluding hydrogens is 338 g/mol. The topological polar surface area (TPSA) is 104 Å². The second kappa shape index (κ2) is 5.88. The van der Waals surface area contributed by atoms with Gasteiger partial charge < -0.3 is 15.1 Å². The largest absolute Gasteiger partial charge is 0.477 e. The highest BCUT2D eigenvalue weighted by Gasteiger charge is 2.59. The van der Waals surface area contributed by atoms with E-state index in [1.54, 1.807) is 6.92 Å². The molecule has 23 heavy (non-hydrogen) atoms. The van der Waals surface area contributed by atoms with Gasteiger partial charge in [-0.1, -0.05) is 30.0 Å². The summed E-state index contributed by atoms with van der Waals surface area (Å²) in [6, 6.07) is -0.264. The Morgan fingerprint density at radius 3 is 2.70 bits per heavy atom. The van der Waals surface area contributed by atoms with E-state index in [4.69, 9.17) is 0 Å². The van der Waals surface area contributed by atoms with Gasteiger partial charge in [0.25, 0.3) is 0 Å². The highest BCUT2D eigenvalue weighted by atomic mass is 32.2. The average Bonchev–Trinajstić information content (AvgIpc) is 2.97. The number of aromatic nitrogens is 2. The molecule has 0 unspecified atom stereocenters. The van der Waals surface area contributed by atoms with Gasteiger partial charge in [0, 0.05) is 11.7 Å². The molecule has 0 aliphatic carbocycles. The maximum Gasteiger partial charge on any atom is 0.352 e. The van der Waals surface area contributed by atoms with E-state index in [9.17, 15) is 19.8 Å². The number of carboxylic acid groups (broad SMARTS) is 1. The summed E-state index contributed by atoms with van der Waals surface area (Å²) in [5.41, 5.74) is 0.787. The number of amides is 1. The van der Waals surface area contributed by atoms with Crippen molar-refractivity contribution >= 4 is 35.0 Å². The van der Waals surface area contributed by atoms with Crippen molar-refractivity contribution in [2.45, 2.75) is 37.3 Å². The predicted octanol–water partition coefficient (Wildman–Crippen LogP) is 1.13. The van der Waals surface area contributed by atoms with Gasteiger partial charge in [0.15, 0.2) is 4.34 Å². The monoisotopic (exact) mass is 355 g/mol. The van der Waals surface area contributed by atoms with E-state index < -0.39 is 18.0 Å². The standard InChI is InChI=1S/C14H17N3O4S2/c1-5-8(4-22-14-16-15-7(3)23-14)11(13(20)21)17-10(5)9(6(2)18)12(17)19/h5-6,9-10,18H,4H2,1-3H3,(H,20,21)/t5-,6+,9+,10+/m0/s1. The van der Waals surface area contributed by atoms with Crippen molar-refractivity contribution < 1.29 is 19.8 Å². The van der Waals surface area contributed by atoms with Crippen molar-refractivity contribution in [2.75, 3.05) is 5.75 Å². The summed E-state index contributed by atoms with van der Waals surface area (Å²) in [5, 5.41) is 28.1. The lowest BCUT2D eigenvalue weighted by Crippen LogP contribution is -2.63. The molecule has 1 fully saturated rings. The molecule has 2 N–H and O–H groups in total. The minimum atomic E-state index is -1.10. The third-order valence-corrected chi connectivity index (χ3v) is 6.40. The Kier molecular flexibility index (Phi) is 4.19. The molecule has 9 heteroatoms. The first-order chi connectivity index (χ1) is 10.8. The zero-order valence-corrected chi connectivity index (χ0v) is 14.5. The zero-order chi connectivity index (χ0) is 16.9. The number of nitrogens with zero attached hydrogens (tertiary/aromatic N) is 3. The third-order valence-electron chi connectivity index (χ3n) is 4.38. The Bertz CT molecular complexity index is 700. The molecule has 2 aliphatic heterocycles. The first kappa shape index (κ1) is 16.4. The van der Waals surface area contributed by atoms with E-state index in [1.807, 2.05) is 13.8 Å². The van der Waals surface area contributed by atoms with Crippen LogP contribution in [0.4, 0.5) is 0 Å². The van der Waals surface area contributed by atoms with Crippen LogP contribution in [0.1, 0.15) is 18.9 Å².